The molecule has 7 nitrogen and oxygen atoms in total. The number of aromatic nitrogens is 2. The largest absolute Gasteiger partial charge is 0.495 e. The summed E-state index contributed by atoms with van der Waals surface area (Å²) in [7, 11) is 1.59. The van der Waals surface area contributed by atoms with E-state index in [1.807, 2.05) is 49.4 Å². The molecule has 0 radical (unpaired) electrons. The number of anilines is 2. The molecule has 1 N–H and O–H groups in total. The van der Waals surface area contributed by atoms with Crippen LogP contribution >= 0.6 is 0 Å². The molecule has 7 heteroatoms. The monoisotopic (exact) mass is 390 g/mol. The lowest BCUT2D eigenvalue weighted by Gasteiger charge is -2.24. The molecule has 0 bridgehead atoms. The topological polar surface area (TPSA) is 80.5 Å². The highest BCUT2D eigenvalue weighted by Gasteiger charge is 2.39. The van der Waals surface area contributed by atoms with Crippen LogP contribution in [0.3, 0.4) is 0 Å². The van der Waals surface area contributed by atoms with Gasteiger partial charge in [-0.15, -0.1) is 0 Å². The fourth-order valence-corrected chi connectivity index (χ4v) is 3.82. The molecular weight excluding hydrogens is 368 g/mol. The Bertz CT molecular complexity index is 1070. The van der Waals surface area contributed by atoms with Gasteiger partial charge in [0.1, 0.15) is 11.8 Å². The van der Waals surface area contributed by atoms with Crippen LogP contribution in [-0.4, -0.2) is 23.3 Å². The molecule has 2 amide bonds. The van der Waals surface area contributed by atoms with Crippen molar-refractivity contribution in [2.45, 2.75) is 38.1 Å². The number of carbonyl (C=O) groups is 1. The Balaban J connectivity index is 1.48. The van der Waals surface area contributed by atoms with Crippen LogP contribution in [0.25, 0.3) is 0 Å². The van der Waals surface area contributed by atoms with E-state index in [1.54, 1.807) is 12.0 Å². The van der Waals surface area contributed by atoms with Crippen molar-refractivity contribution in [1.29, 1.82) is 0 Å². The highest BCUT2D eigenvalue weighted by Crippen LogP contribution is 2.43. The van der Waals surface area contributed by atoms with Crippen molar-refractivity contribution in [1.82, 2.24) is 10.1 Å². The molecular formula is C22H22N4O3. The second-order valence-electron chi connectivity index (χ2n) is 7.62. The lowest BCUT2D eigenvalue weighted by Crippen LogP contribution is -2.36. The Kier molecular flexibility index (Phi) is 4.23. The second kappa shape index (κ2) is 6.92. The van der Waals surface area contributed by atoms with Gasteiger partial charge in [0.2, 0.25) is 5.89 Å². The standard InChI is InChI=1S/C22H22N4O3/c1-13-7-10-19(28-2)16(11-13)23-22(27)26-17-6-4-3-5-15(17)12-18(26)21-24-20(25-29-21)14-8-9-14/h3-7,10-11,14,18H,8-9,12H2,1-2H3,(H,23,27). The Morgan fingerprint density at radius 3 is 2.86 bits per heavy atom. The molecule has 1 unspecified atom stereocenters. The molecule has 2 heterocycles. The van der Waals surface area contributed by atoms with Crippen LogP contribution in [0.4, 0.5) is 16.2 Å². The van der Waals surface area contributed by atoms with Crippen LogP contribution < -0.4 is 15.0 Å². The van der Waals surface area contributed by atoms with Crippen LogP contribution in [0.2, 0.25) is 0 Å². The van der Waals surface area contributed by atoms with Gasteiger partial charge in [-0.25, -0.2) is 4.79 Å². The summed E-state index contributed by atoms with van der Waals surface area (Å²) in [6, 6.07) is 13.0. The average Bonchev–Trinajstić information content (AvgIpc) is 3.32. The second-order valence-corrected chi connectivity index (χ2v) is 7.62. The maximum atomic E-state index is 13.4. The number of para-hydroxylation sites is 1. The summed E-state index contributed by atoms with van der Waals surface area (Å²) in [6.45, 7) is 1.97. The first-order valence-corrected chi connectivity index (χ1v) is 9.80. The molecule has 5 rings (SSSR count). The van der Waals surface area contributed by atoms with Crippen LogP contribution in [0, 0.1) is 6.92 Å². The van der Waals surface area contributed by atoms with E-state index in [9.17, 15) is 4.79 Å². The normalized spacial score (nSPS) is 17.9. The van der Waals surface area contributed by atoms with Crippen molar-refractivity contribution < 1.29 is 14.1 Å². The van der Waals surface area contributed by atoms with Crippen LogP contribution in [0.1, 0.15) is 47.6 Å². The number of urea groups is 1. The molecule has 29 heavy (non-hydrogen) atoms. The zero-order valence-electron chi connectivity index (χ0n) is 16.4. The summed E-state index contributed by atoms with van der Waals surface area (Å²) in [6.07, 6.45) is 2.84. The third-order valence-electron chi connectivity index (χ3n) is 5.48. The number of benzene rings is 2. The number of aryl methyl sites for hydroxylation is 1. The minimum Gasteiger partial charge on any atom is -0.495 e. The number of rotatable bonds is 4. The van der Waals surface area contributed by atoms with E-state index in [-0.39, 0.29) is 12.1 Å². The van der Waals surface area contributed by atoms with Crippen molar-refractivity contribution in [3.8, 4) is 5.75 Å². The minimum atomic E-state index is -0.330. The Morgan fingerprint density at radius 1 is 1.24 bits per heavy atom. The van der Waals surface area contributed by atoms with E-state index in [2.05, 4.69) is 15.5 Å². The quantitative estimate of drug-likeness (QED) is 0.704. The zero-order valence-corrected chi connectivity index (χ0v) is 16.4. The van der Waals surface area contributed by atoms with Crippen molar-refractivity contribution in [3.63, 3.8) is 0 Å². The zero-order chi connectivity index (χ0) is 20.0. The molecule has 2 aliphatic rings. The van der Waals surface area contributed by atoms with E-state index < -0.39 is 0 Å². The lowest BCUT2D eigenvalue weighted by atomic mass is 10.1. The average molecular weight is 390 g/mol. The van der Waals surface area contributed by atoms with Gasteiger partial charge in [-0.2, -0.15) is 4.98 Å². The maximum Gasteiger partial charge on any atom is 0.327 e. The molecule has 3 aromatic rings. The van der Waals surface area contributed by atoms with Crippen molar-refractivity contribution in [3.05, 3.63) is 65.3 Å². The van der Waals surface area contributed by atoms with Crippen LogP contribution in [0.15, 0.2) is 47.0 Å². The molecule has 1 aromatic heterocycles. The summed E-state index contributed by atoms with van der Waals surface area (Å²) in [5.74, 6) is 2.24. The number of ether oxygens (including phenoxy) is 1. The van der Waals surface area contributed by atoms with Crippen molar-refractivity contribution >= 4 is 17.4 Å². The predicted molar refractivity (Wildman–Crippen MR) is 108 cm³/mol. The summed E-state index contributed by atoms with van der Waals surface area (Å²) in [5, 5.41) is 7.14. The number of nitrogens with zero attached hydrogens (tertiary/aromatic N) is 3. The first-order chi connectivity index (χ1) is 14.1. The third-order valence-corrected chi connectivity index (χ3v) is 5.48. The minimum absolute atomic E-state index is 0.255. The fraction of sp³-hybridized carbons (Fsp3) is 0.318. The fourth-order valence-electron chi connectivity index (χ4n) is 3.82. The number of amides is 2. The van der Waals surface area contributed by atoms with Gasteiger partial charge in [0.05, 0.1) is 12.8 Å². The molecule has 2 aromatic carbocycles. The molecule has 1 aliphatic carbocycles. The smallest absolute Gasteiger partial charge is 0.327 e. The SMILES string of the molecule is COc1ccc(C)cc1NC(=O)N1c2ccccc2CC1c1nc(C2CC2)no1. The van der Waals surface area contributed by atoms with Gasteiger partial charge in [0, 0.05) is 18.0 Å². The van der Waals surface area contributed by atoms with Crippen molar-refractivity contribution in [2.24, 2.45) is 0 Å². The van der Waals surface area contributed by atoms with Gasteiger partial charge < -0.3 is 14.6 Å². The predicted octanol–water partition coefficient (Wildman–Crippen LogP) is 4.60. The number of hydrogen-bond donors (Lipinski definition) is 1. The number of hydrogen-bond acceptors (Lipinski definition) is 5. The van der Waals surface area contributed by atoms with E-state index in [0.717, 1.165) is 35.5 Å². The van der Waals surface area contributed by atoms with Gasteiger partial charge in [-0.3, -0.25) is 4.90 Å². The van der Waals surface area contributed by atoms with E-state index in [4.69, 9.17) is 9.26 Å². The number of carbonyl (C=O) groups excluding carboxylic acids is 1. The molecule has 0 spiro atoms. The number of methoxy groups -OCH3 is 1. The summed E-state index contributed by atoms with van der Waals surface area (Å²) in [5.41, 5.74) is 3.60. The van der Waals surface area contributed by atoms with E-state index in [1.165, 1.54) is 0 Å². The Labute approximate surface area is 168 Å². The Hall–Kier alpha value is -3.35. The lowest BCUT2D eigenvalue weighted by molar-refractivity contribution is 0.253. The maximum absolute atomic E-state index is 13.4. The molecule has 1 aliphatic heterocycles. The van der Waals surface area contributed by atoms with Gasteiger partial charge >= 0.3 is 6.03 Å². The van der Waals surface area contributed by atoms with E-state index in [0.29, 0.717) is 29.7 Å². The van der Waals surface area contributed by atoms with Gasteiger partial charge in [0.15, 0.2) is 5.82 Å². The molecule has 1 saturated carbocycles. The van der Waals surface area contributed by atoms with Gasteiger partial charge in [-0.05, 0) is 49.1 Å². The highest BCUT2D eigenvalue weighted by molar-refractivity contribution is 6.04. The van der Waals surface area contributed by atoms with Crippen molar-refractivity contribution in [2.75, 3.05) is 17.3 Å². The number of fused-ring (bicyclic) bond motifs is 1. The molecule has 1 fully saturated rings. The third kappa shape index (κ3) is 3.22. The van der Waals surface area contributed by atoms with Gasteiger partial charge in [0.25, 0.3) is 0 Å². The van der Waals surface area contributed by atoms with Crippen LogP contribution in [-0.2, 0) is 6.42 Å². The summed E-state index contributed by atoms with van der Waals surface area (Å²) >= 11 is 0. The molecule has 1 atom stereocenters. The molecule has 148 valence electrons. The Morgan fingerprint density at radius 2 is 2.07 bits per heavy atom. The first kappa shape index (κ1) is 17.7. The molecule has 0 saturated heterocycles. The summed E-state index contributed by atoms with van der Waals surface area (Å²) in [4.78, 5) is 19.7. The van der Waals surface area contributed by atoms with Gasteiger partial charge in [-0.1, -0.05) is 29.4 Å². The summed E-state index contributed by atoms with van der Waals surface area (Å²) < 4.78 is 11.0. The first-order valence-electron chi connectivity index (χ1n) is 9.80. The van der Waals surface area contributed by atoms with E-state index >= 15 is 0 Å². The number of nitrogens with one attached hydrogen (secondary N) is 1. The van der Waals surface area contributed by atoms with Crippen LogP contribution in [0.5, 0.6) is 5.75 Å². The highest BCUT2D eigenvalue weighted by atomic mass is 16.5.